The van der Waals surface area contributed by atoms with Gasteiger partial charge < -0.3 is 5.32 Å². The van der Waals surface area contributed by atoms with Gasteiger partial charge in [0, 0.05) is 10.7 Å². The quantitative estimate of drug-likeness (QED) is 0.489. The third kappa shape index (κ3) is 5.65. The molecule has 1 saturated heterocycles. The summed E-state index contributed by atoms with van der Waals surface area (Å²) >= 11 is 7.06. The van der Waals surface area contributed by atoms with Crippen LogP contribution in [0.5, 0.6) is 0 Å². The highest BCUT2D eigenvalue weighted by molar-refractivity contribution is 7.99. The molecule has 0 unspecified atom stereocenters. The molecule has 0 spiro atoms. The van der Waals surface area contributed by atoms with Gasteiger partial charge in [0.15, 0.2) is 11.0 Å². The topological polar surface area (TPSA) is 63.1 Å². The van der Waals surface area contributed by atoms with Crippen LogP contribution >= 0.6 is 23.4 Å². The van der Waals surface area contributed by atoms with Crippen LogP contribution < -0.4 is 5.32 Å². The number of hydrogen-bond acceptors (Lipinski definition) is 5. The van der Waals surface area contributed by atoms with Gasteiger partial charge in [-0.25, -0.2) is 8.78 Å². The molecule has 2 heterocycles. The van der Waals surface area contributed by atoms with E-state index in [9.17, 15) is 13.6 Å². The second-order valence-corrected chi connectivity index (χ2v) is 8.89. The van der Waals surface area contributed by atoms with Crippen molar-refractivity contribution in [2.75, 3.05) is 24.2 Å². The van der Waals surface area contributed by atoms with Crippen LogP contribution in [-0.2, 0) is 11.3 Å². The van der Waals surface area contributed by atoms with Gasteiger partial charge in [-0.1, -0.05) is 29.8 Å². The number of nitrogens with zero attached hydrogens (tertiary/aromatic N) is 4. The minimum absolute atomic E-state index is 0.00496. The molecule has 0 radical (unpaired) electrons. The molecular formula is C22H22ClF2N5OS. The fraction of sp³-hybridized carbons (Fsp3) is 0.318. The fourth-order valence-electron chi connectivity index (χ4n) is 3.57. The second-order valence-electron chi connectivity index (χ2n) is 7.51. The summed E-state index contributed by atoms with van der Waals surface area (Å²) in [6, 6.07) is 10.0. The molecular weight excluding hydrogens is 456 g/mol. The van der Waals surface area contributed by atoms with Gasteiger partial charge in [0.05, 0.1) is 18.0 Å². The summed E-state index contributed by atoms with van der Waals surface area (Å²) in [5.41, 5.74) is 0.737. The molecule has 1 N–H and O–H groups in total. The normalized spacial score (nSPS) is 14.5. The van der Waals surface area contributed by atoms with Gasteiger partial charge >= 0.3 is 0 Å². The zero-order valence-electron chi connectivity index (χ0n) is 17.2. The number of amides is 1. The van der Waals surface area contributed by atoms with E-state index in [1.54, 1.807) is 12.1 Å². The molecule has 168 valence electrons. The van der Waals surface area contributed by atoms with Crippen molar-refractivity contribution in [1.82, 2.24) is 19.7 Å². The number of carbonyl (C=O) groups is 1. The molecule has 1 aliphatic heterocycles. The van der Waals surface area contributed by atoms with Gasteiger partial charge in [0.25, 0.3) is 0 Å². The molecule has 1 amide bonds. The number of aromatic nitrogens is 3. The molecule has 6 nitrogen and oxygen atoms in total. The zero-order valence-corrected chi connectivity index (χ0v) is 18.8. The average Bonchev–Trinajstić information content (AvgIpc) is 3.18. The van der Waals surface area contributed by atoms with Crippen molar-refractivity contribution in [2.24, 2.45) is 0 Å². The number of likely N-dealkylation sites (tertiary alicyclic amines) is 1. The summed E-state index contributed by atoms with van der Waals surface area (Å²) in [6.07, 6.45) is 3.52. The average molecular weight is 478 g/mol. The van der Waals surface area contributed by atoms with E-state index in [1.165, 1.54) is 48.5 Å². The third-order valence-corrected chi connectivity index (χ3v) is 6.30. The second kappa shape index (κ2) is 10.4. The van der Waals surface area contributed by atoms with Crippen LogP contribution in [-0.4, -0.2) is 44.4 Å². The minimum atomic E-state index is -0.564. The van der Waals surface area contributed by atoms with Crippen LogP contribution in [0.3, 0.4) is 0 Å². The van der Waals surface area contributed by atoms with E-state index in [4.69, 9.17) is 11.6 Å². The largest absolute Gasteiger partial charge is 0.323 e. The standard InChI is InChI=1S/C22H22ClF2N5OS/c23-15-4-9-18(25)19(12-15)26-21(31)14-32-22-28-27-20(13-29-10-2-1-3-11-29)30(22)17-7-5-16(24)6-8-17/h4-9,12H,1-3,10-11,13-14H2,(H,26,31). The maximum atomic E-state index is 13.9. The summed E-state index contributed by atoms with van der Waals surface area (Å²) in [6.45, 7) is 2.60. The first kappa shape index (κ1) is 22.7. The summed E-state index contributed by atoms with van der Waals surface area (Å²) in [7, 11) is 0. The van der Waals surface area contributed by atoms with E-state index in [0.29, 0.717) is 22.4 Å². The first-order valence-corrected chi connectivity index (χ1v) is 11.7. The summed E-state index contributed by atoms with van der Waals surface area (Å²) in [5, 5.41) is 12.0. The van der Waals surface area contributed by atoms with Crippen molar-refractivity contribution in [2.45, 2.75) is 31.0 Å². The smallest absolute Gasteiger partial charge is 0.234 e. The molecule has 4 rings (SSSR count). The van der Waals surface area contributed by atoms with Gasteiger partial charge in [-0.3, -0.25) is 14.3 Å². The van der Waals surface area contributed by atoms with Crippen LogP contribution in [0.25, 0.3) is 5.69 Å². The van der Waals surface area contributed by atoms with E-state index < -0.39 is 11.7 Å². The van der Waals surface area contributed by atoms with Crippen LogP contribution in [0.15, 0.2) is 47.6 Å². The summed E-state index contributed by atoms with van der Waals surface area (Å²) < 4.78 is 29.2. The first-order valence-electron chi connectivity index (χ1n) is 10.3. The van der Waals surface area contributed by atoms with Crippen LogP contribution in [0.4, 0.5) is 14.5 Å². The molecule has 0 aliphatic carbocycles. The molecule has 0 atom stereocenters. The Morgan fingerprint density at radius 3 is 2.56 bits per heavy atom. The van der Waals surface area contributed by atoms with Gasteiger partial charge in [-0.15, -0.1) is 10.2 Å². The summed E-state index contributed by atoms with van der Waals surface area (Å²) in [5.74, 6) is -0.582. The Balaban J connectivity index is 1.51. The van der Waals surface area contributed by atoms with Crippen molar-refractivity contribution < 1.29 is 13.6 Å². The highest BCUT2D eigenvalue weighted by Crippen LogP contribution is 2.25. The van der Waals surface area contributed by atoms with E-state index in [2.05, 4.69) is 20.4 Å². The van der Waals surface area contributed by atoms with E-state index >= 15 is 0 Å². The number of nitrogens with one attached hydrogen (secondary N) is 1. The van der Waals surface area contributed by atoms with Gasteiger partial charge in [0.1, 0.15) is 11.6 Å². The number of benzene rings is 2. The molecule has 3 aromatic rings. The van der Waals surface area contributed by atoms with Crippen molar-refractivity contribution >= 4 is 35.0 Å². The number of carbonyl (C=O) groups excluding carboxylic acids is 1. The van der Waals surface area contributed by atoms with Crippen LogP contribution in [0.1, 0.15) is 25.1 Å². The SMILES string of the molecule is O=C(CSc1nnc(CN2CCCCC2)n1-c1ccc(F)cc1)Nc1cc(Cl)ccc1F. The minimum Gasteiger partial charge on any atom is -0.323 e. The molecule has 0 saturated carbocycles. The maximum Gasteiger partial charge on any atom is 0.234 e. The van der Waals surface area contributed by atoms with Gasteiger partial charge in [-0.05, 0) is 68.4 Å². The Morgan fingerprint density at radius 1 is 1.06 bits per heavy atom. The summed E-state index contributed by atoms with van der Waals surface area (Å²) in [4.78, 5) is 14.7. The van der Waals surface area contributed by atoms with Crippen molar-refractivity contribution in [1.29, 1.82) is 0 Å². The van der Waals surface area contributed by atoms with Gasteiger partial charge in [0.2, 0.25) is 5.91 Å². The maximum absolute atomic E-state index is 13.9. The Morgan fingerprint density at radius 2 is 1.81 bits per heavy atom. The van der Waals surface area contributed by atoms with Gasteiger partial charge in [-0.2, -0.15) is 0 Å². The number of hydrogen-bond donors (Lipinski definition) is 1. The molecule has 2 aromatic carbocycles. The number of anilines is 1. The molecule has 0 bridgehead atoms. The van der Waals surface area contributed by atoms with Crippen molar-refractivity contribution in [3.8, 4) is 5.69 Å². The molecule has 32 heavy (non-hydrogen) atoms. The molecule has 1 fully saturated rings. The molecule has 1 aromatic heterocycles. The fourth-order valence-corrected chi connectivity index (χ4v) is 4.52. The highest BCUT2D eigenvalue weighted by Gasteiger charge is 2.20. The lowest BCUT2D eigenvalue weighted by Gasteiger charge is -2.26. The lowest BCUT2D eigenvalue weighted by molar-refractivity contribution is -0.113. The van der Waals surface area contributed by atoms with E-state index in [-0.39, 0.29) is 17.3 Å². The van der Waals surface area contributed by atoms with E-state index in [0.717, 1.165) is 31.8 Å². The predicted molar refractivity (Wildman–Crippen MR) is 121 cm³/mol. The number of thioether (sulfide) groups is 1. The Labute approximate surface area is 194 Å². The van der Waals surface area contributed by atoms with Crippen molar-refractivity contribution in [3.05, 3.63) is 64.9 Å². The Kier molecular flexibility index (Phi) is 7.39. The highest BCUT2D eigenvalue weighted by atomic mass is 35.5. The third-order valence-electron chi connectivity index (χ3n) is 5.13. The molecule has 1 aliphatic rings. The van der Waals surface area contributed by atoms with Crippen LogP contribution in [0.2, 0.25) is 5.02 Å². The Bertz CT molecular complexity index is 1090. The van der Waals surface area contributed by atoms with Crippen molar-refractivity contribution in [3.63, 3.8) is 0 Å². The number of rotatable bonds is 7. The lowest BCUT2D eigenvalue weighted by atomic mass is 10.1. The lowest BCUT2D eigenvalue weighted by Crippen LogP contribution is -2.30. The first-order chi connectivity index (χ1) is 15.5. The number of piperidine rings is 1. The van der Waals surface area contributed by atoms with Crippen LogP contribution in [0, 0.1) is 11.6 Å². The molecule has 10 heteroatoms. The van der Waals surface area contributed by atoms with E-state index in [1.807, 2.05) is 4.57 Å². The zero-order chi connectivity index (χ0) is 22.5. The number of halogens is 3. The Hall–Kier alpha value is -2.49. The predicted octanol–water partition coefficient (Wildman–Crippen LogP) is 4.92. The monoisotopic (exact) mass is 477 g/mol.